The Balaban J connectivity index is 0.000000473. The van der Waals surface area contributed by atoms with Crippen LogP contribution in [0.15, 0.2) is 65.7 Å². The lowest BCUT2D eigenvalue weighted by Crippen LogP contribution is -2.48. The summed E-state index contributed by atoms with van der Waals surface area (Å²) < 4.78 is 2.94. The molecule has 1 aliphatic rings. The van der Waals surface area contributed by atoms with Crippen molar-refractivity contribution in [2.45, 2.75) is 124 Å². The first-order valence-electron chi connectivity index (χ1n) is 18.1. The zero-order valence-corrected chi connectivity index (χ0v) is 32.3. The number of hydrogen-bond acceptors (Lipinski definition) is 4. The minimum atomic E-state index is -0.944. The van der Waals surface area contributed by atoms with Gasteiger partial charge < -0.3 is 10.2 Å². The molecule has 5 heteroatoms. The lowest BCUT2D eigenvalue weighted by Gasteiger charge is -2.55. The van der Waals surface area contributed by atoms with Crippen molar-refractivity contribution < 1.29 is 0 Å². The summed E-state index contributed by atoms with van der Waals surface area (Å²) in [6.45, 7) is 25.2. The fraction of sp³-hybridized carbons (Fsp3) is 0.650. The Morgan fingerprint density at radius 2 is 1.42 bits per heavy atom. The van der Waals surface area contributed by atoms with Gasteiger partial charge in [0.2, 0.25) is 0 Å². The SMILES string of the molecule is C=C(CN(CC)CC)Nc1ccccc1.CCC.CCCCC1(CCCC)CCc2cc(N(C)C)ccc2S(CC)(CC)N1C. The van der Waals surface area contributed by atoms with Crippen LogP contribution in [0.3, 0.4) is 0 Å². The number of benzene rings is 2. The first-order valence-corrected chi connectivity index (χ1v) is 20.1. The van der Waals surface area contributed by atoms with Gasteiger partial charge in [-0.1, -0.05) is 112 Å². The molecule has 0 spiro atoms. The van der Waals surface area contributed by atoms with Gasteiger partial charge in [0.05, 0.1) is 0 Å². The van der Waals surface area contributed by atoms with Gasteiger partial charge in [-0.2, -0.15) is 10.2 Å². The summed E-state index contributed by atoms with van der Waals surface area (Å²) in [5.74, 6) is 2.54. The summed E-state index contributed by atoms with van der Waals surface area (Å²) in [5, 5.41) is 3.30. The minimum absolute atomic E-state index is 0.380. The molecule has 45 heavy (non-hydrogen) atoms. The van der Waals surface area contributed by atoms with E-state index in [0.717, 1.165) is 31.0 Å². The minimum Gasteiger partial charge on any atom is -0.378 e. The maximum atomic E-state index is 4.03. The molecule has 0 bridgehead atoms. The van der Waals surface area contributed by atoms with Crippen LogP contribution in [0.2, 0.25) is 0 Å². The summed E-state index contributed by atoms with van der Waals surface area (Å²) in [6.07, 6.45) is 11.9. The Hall–Kier alpha value is -1.95. The van der Waals surface area contributed by atoms with E-state index in [2.05, 4.69) is 121 Å². The average Bonchev–Trinajstić information content (AvgIpc) is 3.15. The molecule has 0 saturated carbocycles. The number of aryl methyl sites for hydroxylation is 1. The monoisotopic (exact) mass is 641 g/mol. The third-order valence-electron chi connectivity index (χ3n) is 9.37. The van der Waals surface area contributed by atoms with E-state index in [9.17, 15) is 0 Å². The molecule has 1 N–H and O–H groups in total. The largest absolute Gasteiger partial charge is 0.378 e. The molecule has 258 valence electrons. The zero-order valence-electron chi connectivity index (χ0n) is 31.5. The van der Waals surface area contributed by atoms with Crippen molar-refractivity contribution >= 4 is 21.6 Å². The number of unbranched alkanes of at least 4 members (excludes halogenated alkanes) is 2. The third kappa shape index (κ3) is 12.0. The number of nitrogens with zero attached hydrogens (tertiary/aromatic N) is 3. The van der Waals surface area contributed by atoms with Gasteiger partial charge in [-0.05, 0) is 93.2 Å². The molecule has 0 aliphatic carbocycles. The van der Waals surface area contributed by atoms with Crippen molar-refractivity contribution in [3.63, 3.8) is 0 Å². The molecule has 0 radical (unpaired) electrons. The molecule has 0 saturated heterocycles. The lowest BCUT2D eigenvalue weighted by molar-refractivity contribution is 0.172. The summed E-state index contributed by atoms with van der Waals surface area (Å²) in [5.41, 5.74) is 5.51. The highest BCUT2D eigenvalue weighted by Gasteiger charge is 2.44. The maximum absolute atomic E-state index is 4.03. The summed E-state index contributed by atoms with van der Waals surface area (Å²) in [6, 6.07) is 17.5. The Bertz CT molecular complexity index is 1050. The zero-order chi connectivity index (χ0) is 33.9. The Morgan fingerprint density at radius 1 is 0.867 bits per heavy atom. The summed E-state index contributed by atoms with van der Waals surface area (Å²) >= 11 is 0. The van der Waals surface area contributed by atoms with Crippen LogP contribution in [0.25, 0.3) is 0 Å². The van der Waals surface area contributed by atoms with E-state index >= 15 is 0 Å². The molecule has 0 fully saturated rings. The second-order valence-corrected chi connectivity index (χ2v) is 16.6. The molecule has 1 aliphatic heterocycles. The molecule has 0 aromatic heterocycles. The van der Waals surface area contributed by atoms with Gasteiger partial charge in [0.1, 0.15) is 0 Å². The highest BCUT2D eigenvalue weighted by atomic mass is 32.3. The van der Waals surface area contributed by atoms with Crippen LogP contribution in [-0.4, -0.2) is 67.0 Å². The molecule has 2 aromatic carbocycles. The van der Waals surface area contributed by atoms with E-state index in [0.29, 0.717) is 5.54 Å². The quantitative estimate of drug-likeness (QED) is 0.209. The molecule has 0 unspecified atom stereocenters. The number of fused-ring (bicyclic) bond motifs is 1. The van der Waals surface area contributed by atoms with Gasteiger partial charge in [-0.15, -0.1) is 0 Å². The molecule has 0 atom stereocenters. The first kappa shape index (κ1) is 41.1. The Labute approximate surface area is 282 Å². The molecular weight excluding hydrogens is 569 g/mol. The van der Waals surface area contributed by atoms with Crippen LogP contribution in [0.4, 0.5) is 11.4 Å². The van der Waals surface area contributed by atoms with E-state index in [-0.39, 0.29) is 0 Å². The predicted molar refractivity (Wildman–Crippen MR) is 209 cm³/mol. The number of nitrogens with one attached hydrogen (secondary N) is 1. The van der Waals surface area contributed by atoms with Gasteiger partial charge in [-0.25, -0.2) is 0 Å². The van der Waals surface area contributed by atoms with Crippen LogP contribution in [0.5, 0.6) is 0 Å². The predicted octanol–water partition coefficient (Wildman–Crippen LogP) is 11.2. The molecule has 0 amide bonds. The fourth-order valence-corrected chi connectivity index (χ4v) is 10.6. The Morgan fingerprint density at radius 3 is 1.89 bits per heavy atom. The van der Waals surface area contributed by atoms with E-state index < -0.39 is 10.2 Å². The van der Waals surface area contributed by atoms with Crippen molar-refractivity contribution in [1.82, 2.24) is 9.21 Å². The molecule has 4 nitrogen and oxygen atoms in total. The van der Waals surface area contributed by atoms with Crippen molar-refractivity contribution in [1.29, 1.82) is 0 Å². The Kier molecular flexibility index (Phi) is 19.9. The standard InChI is InChI=1S/C24H44N2S.C13H20N2.C3H8/c1-8-12-17-24(18-13-9-2)19-16-21-20-22(25(5)6)14-15-23(21)27(10-3,11-4)26(24)7;1-4-15(5-2)11-12(3)14-13-9-7-6-8-10-13;1-3-2/h14-15,20H,8-13,16-19H2,1-7H3;6-10,14H,3-5,11H2,1-2H3;3H2,1-2H3. The normalized spacial score (nSPS) is 15.8. The molecular formula is C40H72N4S. The van der Waals surface area contributed by atoms with Crippen molar-refractivity contribution in [3.05, 3.63) is 66.4 Å². The number of hydrogen-bond donors (Lipinski definition) is 1. The van der Waals surface area contributed by atoms with Crippen molar-refractivity contribution in [3.8, 4) is 0 Å². The van der Waals surface area contributed by atoms with E-state index in [1.165, 1.54) is 75.0 Å². The highest BCUT2D eigenvalue weighted by Crippen LogP contribution is 2.64. The first-order chi connectivity index (χ1) is 21.6. The van der Waals surface area contributed by atoms with Gasteiger partial charge in [0.15, 0.2) is 0 Å². The van der Waals surface area contributed by atoms with E-state index in [1.54, 1.807) is 10.5 Å². The van der Waals surface area contributed by atoms with Gasteiger partial charge in [0.25, 0.3) is 0 Å². The molecule has 2 aromatic rings. The van der Waals surface area contributed by atoms with Crippen molar-refractivity contribution in [2.24, 2.45) is 0 Å². The number of rotatable bonds is 15. The van der Waals surface area contributed by atoms with Gasteiger partial charge in [-0.3, -0.25) is 9.21 Å². The van der Waals surface area contributed by atoms with Crippen LogP contribution < -0.4 is 10.2 Å². The topological polar surface area (TPSA) is 21.8 Å². The van der Waals surface area contributed by atoms with Crippen LogP contribution in [-0.2, 0) is 6.42 Å². The fourth-order valence-electron chi connectivity index (χ4n) is 6.54. The number of anilines is 2. The lowest BCUT2D eigenvalue weighted by atomic mass is 9.82. The van der Waals surface area contributed by atoms with E-state index in [1.807, 2.05) is 30.3 Å². The summed E-state index contributed by atoms with van der Waals surface area (Å²) in [7, 11) is 5.87. The smallest absolute Gasteiger partial charge is 0.0381 e. The average molecular weight is 641 g/mol. The highest BCUT2D eigenvalue weighted by molar-refractivity contribution is 8.31. The van der Waals surface area contributed by atoms with Crippen molar-refractivity contribution in [2.75, 3.05) is 62.5 Å². The number of para-hydroxylation sites is 1. The van der Waals surface area contributed by atoms with Crippen LogP contribution >= 0.6 is 10.2 Å². The van der Waals surface area contributed by atoms with Crippen LogP contribution in [0.1, 0.15) is 112 Å². The number of likely N-dealkylation sites (N-methyl/N-ethyl adjacent to an activating group) is 1. The van der Waals surface area contributed by atoms with E-state index in [4.69, 9.17) is 0 Å². The van der Waals surface area contributed by atoms with Crippen LogP contribution in [0, 0.1) is 0 Å². The maximum Gasteiger partial charge on any atom is 0.0381 e. The second-order valence-electron chi connectivity index (χ2n) is 12.8. The molecule has 3 rings (SSSR count). The molecule has 1 heterocycles. The van der Waals surface area contributed by atoms with Gasteiger partial charge >= 0.3 is 0 Å². The van der Waals surface area contributed by atoms with Gasteiger partial charge in [0, 0.05) is 48.1 Å². The third-order valence-corrected chi connectivity index (χ3v) is 13.9. The second kappa shape index (κ2) is 21.8. The summed E-state index contributed by atoms with van der Waals surface area (Å²) in [4.78, 5) is 6.26.